The maximum Gasteiger partial charge on any atom is 0.339 e. The molecule has 0 radical (unpaired) electrons. The number of ether oxygens (including phenoxy) is 3. The van der Waals surface area contributed by atoms with Gasteiger partial charge in [0.15, 0.2) is 17.6 Å². The summed E-state index contributed by atoms with van der Waals surface area (Å²) in [4.78, 5) is 30.1. The standard InChI is InChI=1S/C25H20FN3O6/c1-13-22-18(10-19(28-24(22)35-29-13)16-4-6-17(26)7-5-16)25(31)34-14(2)23(30)27-11-15-3-8-20-21(9-15)33-12-32-20/h3-10,14H,11-12H2,1-2H3,(H,27,30). The second-order valence-electron chi connectivity index (χ2n) is 7.96. The third-order valence-electron chi connectivity index (χ3n) is 5.53. The average Bonchev–Trinajstić information content (AvgIpc) is 3.48. The van der Waals surface area contributed by atoms with Crippen LogP contribution in [-0.2, 0) is 16.1 Å². The molecule has 0 aliphatic carbocycles. The van der Waals surface area contributed by atoms with E-state index in [9.17, 15) is 14.0 Å². The van der Waals surface area contributed by atoms with E-state index < -0.39 is 23.8 Å². The first-order valence-corrected chi connectivity index (χ1v) is 10.8. The van der Waals surface area contributed by atoms with Crippen LogP contribution in [0.3, 0.4) is 0 Å². The van der Waals surface area contributed by atoms with Crippen LogP contribution in [0.5, 0.6) is 11.5 Å². The molecule has 0 saturated carbocycles. The van der Waals surface area contributed by atoms with Crippen molar-refractivity contribution in [3.63, 3.8) is 0 Å². The summed E-state index contributed by atoms with van der Waals surface area (Å²) in [5.74, 6) is -0.348. The number of hydrogen-bond acceptors (Lipinski definition) is 8. The first-order valence-electron chi connectivity index (χ1n) is 10.8. The number of amides is 1. The van der Waals surface area contributed by atoms with Crippen molar-refractivity contribution in [3.8, 4) is 22.8 Å². The molecular weight excluding hydrogens is 457 g/mol. The zero-order valence-corrected chi connectivity index (χ0v) is 18.8. The van der Waals surface area contributed by atoms with Gasteiger partial charge in [-0.15, -0.1) is 0 Å². The van der Waals surface area contributed by atoms with Crippen molar-refractivity contribution in [2.75, 3.05) is 6.79 Å². The number of hydrogen-bond donors (Lipinski definition) is 1. The van der Waals surface area contributed by atoms with E-state index in [1.165, 1.54) is 37.3 Å². The van der Waals surface area contributed by atoms with Crippen LogP contribution < -0.4 is 14.8 Å². The van der Waals surface area contributed by atoms with Gasteiger partial charge < -0.3 is 24.1 Å². The third-order valence-corrected chi connectivity index (χ3v) is 5.53. The highest BCUT2D eigenvalue weighted by Gasteiger charge is 2.24. The van der Waals surface area contributed by atoms with E-state index in [-0.39, 0.29) is 24.6 Å². The van der Waals surface area contributed by atoms with Crippen LogP contribution in [0, 0.1) is 12.7 Å². The molecule has 10 heteroatoms. The molecule has 1 atom stereocenters. The molecule has 0 spiro atoms. The number of fused-ring (bicyclic) bond motifs is 2. The highest BCUT2D eigenvalue weighted by Crippen LogP contribution is 2.32. The molecule has 1 aliphatic heterocycles. The lowest BCUT2D eigenvalue weighted by molar-refractivity contribution is -0.129. The van der Waals surface area contributed by atoms with Crippen LogP contribution in [0.25, 0.3) is 22.4 Å². The summed E-state index contributed by atoms with van der Waals surface area (Å²) in [5.41, 5.74) is 2.48. The van der Waals surface area contributed by atoms with E-state index in [1.54, 1.807) is 19.1 Å². The second-order valence-corrected chi connectivity index (χ2v) is 7.96. The quantitative estimate of drug-likeness (QED) is 0.416. The molecule has 1 N–H and O–H groups in total. The minimum absolute atomic E-state index is 0.135. The number of aromatic nitrogens is 2. The van der Waals surface area contributed by atoms with Gasteiger partial charge in [0.1, 0.15) is 5.82 Å². The Kier molecular flexibility index (Phi) is 5.77. The van der Waals surface area contributed by atoms with Crippen LogP contribution in [0.1, 0.15) is 28.5 Å². The molecule has 9 nitrogen and oxygen atoms in total. The van der Waals surface area contributed by atoms with Gasteiger partial charge in [0.05, 0.1) is 22.3 Å². The van der Waals surface area contributed by atoms with E-state index in [4.69, 9.17) is 18.7 Å². The number of esters is 1. The van der Waals surface area contributed by atoms with Crippen LogP contribution in [0.4, 0.5) is 4.39 Å². The van der Waals surface area contributed by atoms with Gasteiger partial charge in [0.25, 0.3) is 11.6 Å². The van der Waals surface area contributed by atoms with Gasteiger partial charge in [-0.05, 0) is 61.9 Å². The van der Waals surface area contributed by atoms with Crippen molar-refractivity contribution in [1.29, 1.82) is 0 Å². The average molecular weight is 477 g/mol. The maximum absolute atomic E-state index is 13.3. The highest BCUT2D eigenvalue weighted by molar-refractivity contribution is 6.05. The Morgan fingerprint density at radius 1 is 1.11 bits per heavy atom. The van der Waals surface area contributed by atoms with Gasteiger partial charge in [-0.25, -0.2) is 14.2 Å². The van der Waals surface area contributed by atoms with Gasteiger partial charge in [0, 0.05) is 12.1 Å². The zero-order valence-electron chi connectivity index (χ0n) is 18.8. The molecule has 1 amide bonds. The fourth-order valence-corrected chi connectivity index (χ4v) is 3.69. The monoisotopic (exact) mass is 477 g/mol. The Balaban J connectivity index is 1.32. The number of rotatable bonds is 6. The van der Waals surface area contributed by atoms with Gasteiger partial charge in [-0.3, -0.25) is 4.79 Å². The van der Waals surface area contributed by atoms with E-state index in [0.717, 1.165) is 5.56 Å². The smallest absolute Gasteiger partial charge is 0.339 e. The van der Waals surface area contributed by atoms with Gasteiger partial charge in [-0.2, -0.15) is 0 Å². The summed E-state index contributed by atoms with van der Waals surface area (Å²) in [6.07, 6.45) is -1.07. The SMILES string of the molecule is Cc1noc2nc(-c3ccc(F)cc3)cc(C(=O)OC(C)C(=O)NCc3ccc4c(c3)OCO4)c12. The Morgan fingerprint density at radius 3 is 2.69 bits per heavy atom. The molecule has 2 aromatic carbocycles. The highest BCUT2D eigenvalue weighted by atomic mass is 19.1. The van der Waals surface area contributed by atoms with Crippen molar-refractivity contribution < 1.29 is 32.7 Å². The second kappa shape index (κ2) is 9.05. The first kappa shape index (κ1) is 22.3. The Hall–Kier alpha value is -4.47. The molecule has 35 heavy (non-hydrogen) atoms. The van der Waals surface area contributed by atoms with Crippen LogP contribution >= 0.6 is 0 Å². The van der Waals surface area contributed by atoms with Gasteiger partial charge >= 0.3 is 5.97 Å². The number of carbonyl (C=O) groups excluding carboxylic acids is 2. The first-order chi connectivity index (χ1) is 16.9. The lowest BCUT2D eigenvalue weighted by atomic mass is 10.1. The minimum Gasteiger partial charge on any atom is -0.454 e. The fourth-order valence-electron chi connectivity index (χ4n) is 3.69. The maximum atomic E-state index is 13.3. The van der Waals surface area contributed by atoms with Gasteiger partial charge in [0.2, 0.25) is 6.79 Å². The van der Waals surface area contributed by atoms with Crippen molar-refractivity contribution in [1.82, 2.24) is 15.5 Å². The number of pyridine rings is 1. The predicted octanol–water partition coefficient (Wildman–Crippen LogP) is 3.93. The van der Waals surface area contributed by atoms with Crippen LogP contribution in [0.2, 0.25) is 0 Å². The summed E-state index contributed by atoms with van der Waals surface area (Å²) < 4.78 is 34.7. The number of nitrogens with zero attached hydrogens (tertiary/aromatic N) is 2. The Labute approximate surface area is 198 Å². The van der Waals surface area contributed by atoms with E-state index >= 15 is 0 Å². The normalized spacial score (nSPS) is 13.0. The summed E-state index contributed by atoms with van der Waals surface area (Å²) in [7, 11) is 0. The van der Waals surface area contributed by atoms with Gasteiger partial charge in [-0.1, -0.05) is 11.2 Å². The van der Waals surface area contributed by atoms with Crippen molar-refractivity contribution in [2.24, 2.45) is 0 Å². The molecule has 2 aromatic heterocycles. The number of halogens is 1. The molecule has 3 heterocycles. The Morgan fingerprint density at radius 2 is 1.89 bits per heavy atom. The number of carbonyl (C=O) groups is 2. The summed E-state index contributed by atoms with van der Waals surface area (Å²) in [5, 5.41) is 7.01. The lowest BCUT2D eigenvalue weighted by Gasteiger charge is -2.14. The molecular formula is C25H20FN3O6. The molecule has 0 bridgehead atoms. The molecule has 0 saturated heterocycles. The summed E-state index contributed by atoms with van der Waals surface area (Å²) in [6.45, 7) is 3.53. The zero-order chi connectivity index (χ0) is 24.5. The number of aryl methyl sites for hydroxylation is 1. The summed E-state index contributed by atoms with van der Waals surface area (Å²) in [6, 6.07) is 12.5. The Bertz CT molecular complexity index is 1430. The largest absolute Gasteiger partial charge is 0.454 e. The minimum atomic E-state index is -1.07. The third kappa shape index (κ3) is 4.50. The molecule has 1 aliphatic rings. The van der Waals surface area contributed by atoms with Crippen LogP contribution in [0.15, 0.2) is 53.1 Å². The number of nitrogens with one attached hydrogen (secondary N) is 1. The fraction of sp³-hybridized carbons (Fsp3) is 0.200. The van der Waals surface area contributed by atoms with E-state index in [2.05, 4.69) is 15.5 Å². The predicted molar refractivity (Wildman–Crippen MR) is 121 cm³/mol. The molecule has 1 unspecified atom stereocenters. The lowest BCUT2D eigenvalue weighted by Crippen LogP contribution is -2.35. The van der Waals surface area contributed by atoms with Crippen molar-refractivity contribution >= 4 is 23.0 Å². The van der Waals surface area contributed by atoms with Crippen LogP contribution in [-0.4, -0.2) is 34.9 Å². The molecule has 178 valence electrons. The topological polar surface area (TPSA) is 113 Å². The number of benzene rings is 2. The van der Waals surface area contributed by atoms with E-state index in [0.29, 0.717) is 33.8 Å². The molecule has 5 rings (SSSR count). The molecule has 0 fully saturated rings. The molecule has 4 aromatic rings. The van der Waals surface area contributed by atoms with Crippen molar-refractivity contribution in [2.45, 2.75) is 26.5 Å². The van der Waals surface area contributed by atoms with E-state index in [1.807, 2.05) is 6.07 Å². The van der Waals surface area contributed by atoms with Crippen molar-refractivity contribution in [3.05, 3.63) is 71.2 Å². The summed E-state index contributed by atoms with van der Waals surface area (Å²) >= 11 is 0.